The molecule has 1 saturated heterocycles. The van der Waals surface area contributed by atoms with E-state index in [1.807, 2.05) is 30.0 Å². The number of hydrogen-bond donors (Lipinski definition) is 1. The molecule has 3 aromatic rings. The molecule has 33 heavy (non-hydrogen) atoms. The van der Waals surface area contributed by atoms with Gasteiger partial charge >= 0.3 is 5.97 Å². The van der Waals surface area contributed by atoms with Crippen LogP contribution in [0.5, 0.6) is 0 Å². The number of ether oxygens (including phenoxy) is 1. The van der Waals surface area contributed by atoms with Crippen LogP contribution in [0.4, 0.5) is 0 Å². The Morgan fingerprint density at radius 2 is 1.91 bits per heavy atom. The third kappa shape index (κ3) is 4.37. The molecule has 0 radical (unpaired) electrons. The second-order valence-corrected chi connectivity index (χ2v) is 8.59. The van der Waals surface area contributed by atoms with Crippen LogP contribution in [0.1, 0.15) is 54.1 Å². The first kappa shape index (κ1) is 23.0. The molecule has 0 spiro atoms. The lowest BCUT2D eigenvalue weighted by molar-refractivity contribution is -0.143. The molecule has 0 aliphatic carbocycles. The van der Waals surface area contributed by atoms with Crippen molar-refractivity contribution >= 4 is 23.3 Å². The van der Waals surface area contributed by atoms with Gasteiger partial charge in [-0.05, 0) is 74.8 Å². The first-order chi connectivity index (χ1) is 16.0. The fourth-order valence-corrected chi connectivity index (χ4v) is 5.05. The molecule has 2 atom stereocenters. The maximum atomic E-state index is 12.5. The summed E-state index contributed by atoms with van der Waals surface area (Å²) in [7, 11) is 0. The summed E-state index contributed by atoms with van der Waals surface area (Å²) in [6, 6.07) is 16.2. The average Bonchev–Trinajstić information content (AvgIpc) is 3.29. The van der Waals surface area contributed by atoms with E-state index in [0.29, 0.717) is 11.7 Å². The number of aromatic nitrogens is 2. The third-order valence-electron chi connectivity index (χ3n) is 6.20. The van der Waals surface area contributed by atoms with Gasteiger partial charge in [-0.15, -0.1) is 0 Å². The van der Waals surface area contributed by atoms with Gasteiger partial charge in [0.05, 0.1) is 24.4 Å². The summed E-state index contributed by atoms with van der Waals surface area (Å²) < 4.78 is 7.55. The first-order valence-electron chi connectivity index (χ1n) is 11.4. The SMILES string of the molecule is CCOC(=O)CN1C(=S)N[C@H](c2ccccn2)[C@H]1c1cc(C)n(-c2ccccc2CC)c1C. The minimum atomic E-state index is -0.293. The zero-order valence-corrected chi connectivity index (χ0v) is 20.4. The zero-order valence-electron chi connectivity index (χ0n) is 19.5. The van der Waals surface area contributed by atoms with Crippen molar-refractivity contribution in [3.8, 4) is 5.69 Å². The Bertz CT molecular complexity index is 1160. The van der Waals surface area contributed by atoms with Crippen LogP contribution in [-0.4, -0.2) is 38.7 Å². The average molecular weight is 463 g/mol. The number of thiocarbonyl (C=S) groups is 1. The smallest absolute Gasteiger partial charge is 0.325 e. The molecule has 7 heteroatoms. The maximum Gasteiger partial charge on any atom is 0.325 e. The molecular formula is C26H30N4O2S. The lowest BCUT2D eigenvalue weighted by atomic mass is 9.96. The topological polar surface area (TPSA) is 59.4 Å². The van der Waals surface area contributed by atoms with Crippen LogP contribution in [0.15, 0.2) is 54.7 Å². The summed E-state index contributed by atoms with van der Waals surface area (Å²) in [4.78, 5) is 19.0. The molecule has 3 heterocycles. The van der Waals surface area contributed by atoms with E-state index in [2.05, 4.69) is 66.0 Å². The van der Waals surface area contributed by atoms with E-state index in [0.717, 1.165) is 29.1 Å². The van der Waals surface area contributed by atoms with Crippen molar-refractivity contribution in [1.29, 1.82) is 0 Å². The second-order valence-electron chi connectivity index (χ2n) is 8.20. The number of benzene rings is 1. The van der Waals surface area contributed by atoms with Gasteiger partial charge in [-0.1, -0.05) is 31.2 Å². The van der Waals surface area contributed by atoms with Gasteiger partial charge in [-0.3, -0.25) is 9.78 Å². The van der Waals surface area contributed by atoms with Gasteiger partial charge in [0.25, 0.3) is 0 Å². The number of esters is 1. The molecule has 0 amide bonds. The van der Waals surface area contributed by atoms with E-state index in [9.17, 15) is 4.79 Å². The highest BCUT2D eigenvalue weighted by molar-refractivity contribution is 7.80. The van der Waals surface area contributed by atoms with Gasteiger partial charge in [0.2, 0.25) is 0 Å². The number of carbonyl (C=O) groups is 1. The number of hydrogen-bond acceptors (Lipinski definition) is 4. The Morgan fingerprint density at radius 1 is 1.15 bits per heavy atom. The summed E-state index contributed by atoms with van der Waals surface area (Å²) in [5, 5.41) is 3.94. The van der Waals surface area contributed by atoms with Crippen LogP contribution < -0.4 is 5.32 Å². The van der Waals surface area contributed by atoms with Gasteiger partial charge in [0, 0.05) is 23.3 Å². The van der Waals surface area contributed by atoms with E-state index < -0.39 is 0 Å². The number of pyridine rings is 1. The Hall–Kier alpha value is -3.19. The van der Waals surface area contributed by atoms with Gasteiger partial charge in [0.1, 0.15) is 6.54 Å². The molecule has 1 fully saturated rings. The molecule has 0 bridgehead atoms. The van der Waals surface area contributed by atoms with Crippen molar-refractivity contribution in [3.05, 3.63) is 82.9 Å². The Kier molecular flexibility index (Phi) is 6.79. The molecule has 0 saturated carbocycles. The normalized spacial score (nSPS) is 17.8. The number of aryl methyl sites for hydroxylation is 2. The number of para-hydroxylation sites is 1. The van der Waals surface area contributed by atoms with E-state index in [4.69, 9.17) is 17.0 Å². The van der Waals surface area contributed by atoms with Gasteiger partial charge in [-0.25, -0.2) is 0 Å². The van der Waals surface area contributed by atoms with Crippen molar-refractivity contribution in [3.63, 3.8) is 0 Å². The van der Waals surface area contributed by atoms with E-state index in [1.54, 1.807) is 6.20 Å². The highest BCUT2D eigenvalue weighted by Crippen LogP contribution is 2.41. The molecule has 6 nitrogen and oxygen atoms in total. The highest BCUT2D eigenvalue weighted by Gasteiger charge is 2.42. The van der Waals surface area contributed by atoms with Gasteiger partial charge in [-0.2, -0.15) is 0 Å². The molecule has 1 aromatic carbocycles. The predicted octanol–water partition coefficient (Wildman–Crippen LogP) is 4.59. The van der Waals surface area contributed by atoms with Crippen LogP contribution in [0.3, 0.4) is 0 Å². The fourth-order valence-electron chi connectivity index (χ4n) is 4.75. The minimum absolute atomic E-state index is 0.0862. The van der Waals surface area contributed by atoms with Crippen molar-refractivity contribution in [2.75, 3.05) is 13.2 Å². The molecular weight excluding hydrogens is 432 g/mol. The second kappa shape index (κ2) is 9.75. The minimum Gasteiger partial charge on any atom is -0.465 e. The highest BCUT2D eigenvalue weighted by atomic mass is 32.1. The van der Waals surface area contributed by atoms with E-state index >= 15 is 0 Å². The predicted molar refractivity (Wildman–Crippen MR) is 133 cm³/mol. The van der Waals surface area contributed by atoms with Crippen LogP contribution in [0, 0.1) is 13.8 Å². The Balaban J connectivity index is 1.83. The lowest BCUT2D eigenvalue weighted by Crippen LogP contribution is -2.35. The molecule has 1 aliphatic heterocycles. The monoisotopic (exact) mass is 462 g/mol. The fraction of sp³-hybridized carbons (Fsp3) is 0.346. The van der Waals surface area contributed by atoms with Gasteiger partial charge < -0.3 is 19.5 Å². The van der Waals surface area contributed by atoms with Gasteiger partial charge in [0.15, 0.2) is 5.11 Å². The number of carbonyl (C=O) groups excluding carboxylic acids is 1. The van der Waals surface area contributed by atoms with Crippen molar-refractivity contribution in [1.82, 2.24) is 19.8 Å². The van der Waals surface area contributed by atoms with Crippen molar-refractivity contribution in [2.24, 2.45) is 0 Å². The largest absolute Gasteiger partial charge is 0.465 e. The van der Waals surface area contributed by atoms with Crippen molar-refractivity contribution in [2.45, 2.75) is 46.2 Å². The van der Waals surface area contributed by atoms with Crippen LogP contribution in [-0.2, 0) is 16.0 Å². The van der Waals surface area contributed by atoms with Crippen LogP contribution >= 0.6 is 12.2 Å². The summed E-state index contributed by atoms with van der Waals surface area (Å²) in [5.74, 6) is -0.293. The molecule has 4 rings (SSSR count). The van der Waals surface area contributed by atoms with Crippen LogP contribution in [0.25, 0.3) is 5.69 Å². The van der Waals surface area contributed by atoms with Crippen molar-refractivity contribution < 1.29 is 9.53 Å². The number of nitrogens with zero attached hydrogens (tertiary/aromatic N) is 3. The lowest BCUT2D eigenvalue weighted by Gasteiger charge is -2.27. The summed E-state index contributed by atoms with van der Waals surface area (Å²) in [6.45, 7) is 8.66. The Morgan fingerprint density at radius 3 is 2.61 bits per heavy atom. The maximum absolute atomic E-state index is 12.5. The molecule has 1 N–H and O–H groups in total. The molecule has 172 valence electrons. The zero-order chi connectivity index (χ0) is 23.5. The number of rotatable bonds is 7. The summed E-state index contributed by atoms with van der Waals surface area (Å²) in [6.07, 6.45) is 2.73. The summed E-state index contributed by atoms with van der Waals surface area (Å²) in [5.41, 5.74) is 6.73. The number of nitrogens with one attached hydrogen (secondary N) is 1. The van der Waals surface area contributed by atoms with E-state index in [1.165, 1.54) is 11.3 Å². The van der Waals surface area contributed by atoms with E-state index in [-0.39, 0.29) is 24.6 Å². The quantitative estimate of drug-likeness (QED) is 0.410. The molecule has 2 aromatic heterocycles. The van der Waals surface area contributed by atoms with Crippen LogP contribution in [0.2, 0.25) is 0 Å². The standard InChI is InChI=1S/C26H30N4O2S/c1-5-19-11-7-8-13-22(19)30-17(3)15-20(18(30)4)25-24(21-12-9-10-14-27-21)28-26(33)29(25)16-23(31)32-6-2/h7-15,24-25H,5-6,16H2,1-4H3,(H,28,33)/t24-,25-/m1/s1. The molecule has 1 aliphatic rings. The molecule has 0 unspecified atom stereocenters. The third-order valence-corrected chi connectivity index (χ3v) is 6.56. The Labute approximate surface area is 200 Å². The first-order valence-corrected chi connectivity index (χ1v) is 11.8. The summed E-state index contributed by atoms with van der Waals surface area (Å²) >= 11 is 5.69.